The molecule has 7 nitrogen and oxygen atoms in total. The summed E-state index contributed by atoms with van der Waals surface area (Å²) in [7, 11) is 1.89. The van der Waals surface area contributed by atoms with Crippen molar-refractivity contribution in [1.82, 2.24) is 19.9 Å². The Labute approximate surface area is 169 Å². The molecule has 0 saturated heterocycles. The van der Waals surface area contributed by atoms with Gasteiger partial charge in [0.25, 0.3) is 5.56 Å². The lowest BCUT2D eigenvalue weighted by Crippen LogP contribution is -2.31. The molecule has 1 amide bonds. The molecule has 29 heavy (non-hydrogen) atoms. The first-order chi connectivity index (χ1) is 13.9. The van der Waals surface area contributed by atoms with Crippen molar-refractivity contribution in [3.05, 3.63) is 86.9 Å². The summed E-state index contributed by atoms with van der Waals surface area (Å²) in [6.45, 7) is 3.53. The highest BCUT2D eigenvalue weighted by Crippen LogP contribution is 2.21. The maximum atomic E-state index is 12.8. The van der Waals surface area contributed by atoms with Crippen molar-refractivity contribution in [2.24, 2.45) is 7.05 Å². The van der Waals surface area contributed by atoms with Gasteiger partial charge in [0.05, 0.1) is 0 Å². The summed E-state index contributed by atoms with van der Waals surface area (Å²) < 4.78 is 1.88. The van der Waals surface area contributed by atoms with Crippen LogP contribution in [0, 0.1) is 25.2 Å². The molecule has 0 aliphatic rings. The molecule has 148 valence electrons. The van der Waals surface area contributed by atoms with Gasteiger partial charge < -0.3 is 14.9 Å². The molecule has 1 atom stereocenters. The Balaban J connectivity index is 1.80. The molecular formula is C22H23N5O2. The maximum absolute atomic E-state index is 12.8. The summed E-state index contributed by atoms with van der Waals surface area (Å²) in [6, 6.07) is 11.3. The number of hydrogen-bond donors (Lipinski definition) is 2. The standard InChI is InChI=1S/C22H23N5O2/c1-14-17(15(2)25-22(29)18(14)13-23)9-10-19(28)26-20(16-7-5-4-6-8-16)21-24-11-12-27(21)3/h4-8,11-12,20H,9-10H2,1-3H3,(H,25,29)(H,26,28)/t20-/m0/s1. The lowest BCUT2D eigenvalue weighted by Gasteiger charge is -2.19. The highest BCUT2D eigenvalue weighted by molar-refractivity contribution is 5.77. The fraction of sp³-hybridized carbons (Fsp3) is 0.273. The van der Waals surface area contributed by atoms with Gasteiger partial charge >= 0.3 is 0 Å². The van der Waals surface area contributed by atoms with E-state index in [0.29, 0.717) is 17.7 Å². The number of aromatic amines is 1. The van der Waals surface area contributed by atoms with E-state index in [2.05, 4.69) is 15.3 Å². The van der Waals surface area contributed by atoms with Crippen molar-refractivity contribution < 1.29 is 4.79 Å². The van der Waals surface area contributed by atoms with Crippen LogP contribution in [0.5, 0.6) is 0 Å². The van der Waals surface area contributed by atoms with Gasteiger partial charge in [-0.05, 0) is 37.0 Å². The van der Waals surface area contributed by atoms with Crippen molar-refractivity contribution >= 4 is 5.91 Å². The number of nitrogens with zero attached hydrogens (tertiary/aromatic N) is 3. The smallest absolute Gasteiger partial charge is 0.266 e. The van der Waals surface area contributed by atoms with E-state index >= 15 is 0 Å². The first-order valence-corrected chi connectivity index (χ1v) is 9.36. The SMILES string of the molecule is Cc1[nH]c(=O)c(C#N)c(C)c1CCC(=O)N[C@@H](c1ccccc1)c1nccn1C. The number of rotatable bonds is 6. The lowest BCUT2D eigenvalue weighted by molar-refractivity contribution is -0.121. The van der Waals surface area contributed by atoms with Crippen molar-refractivity contribution in [3.8, 4) is 6.07 Å². The van der Waals surface area contributed by atoms with Crippen LogP contribution in [0.25, 0.3) is 0 Å². The van der Waals surface area contributed by atoms with Crippen molar-refractivity contribution in [2.45, 2.75) is 32.7 Å². The van der Waals surface area contributed by atoms with E-state index in [9.17, 15) is 14.9 Å². The van der Waals surface area contributed by atoms with Crippen LogP contribution in [0.15, 0.2) is 47.5 Å². The zero-order chi connectivity index (χ0) is 21.0. The number of carbonyl (C=O) groups is 1. The summed E-state index contributed by atoms with van der Waals surface area (Å²) >= 11 is 0. The average molecular weight is 389 g/mol. The van der Waals surface area contributed by atoms with Crippen molar-refractivity contribution in [2.75, 3.05) is 0 Å². The fourth-order valence-corrected chi connectivity index (χ4v) is 3.49. The Morgan fingerprint density at radius 3 is 2.66 bits per heavy atom. The van der Waals surface area contributed by atoms with Crippen LogP contribution < -0.4 is 10.9 Å². The average Bonchev–Trinajstić information content (AvgIpc) is 3.12. The molecule has 2 heterocycles. The number of nitrogens with one attached hydrogen (secondary N) is 2. The van der Waals surface area contributed by atoms with Crippen LogP contribution in [-0.2, 0) is 18.3 Å². The number of carbonyl (C=O) groups excluding carboxylic acids is 1. The van der Waals surface area contributed by atoms with Crippen LogP contribution >= 0.6 is 0 Å². The summed E-state index contributed by atoms with van der Waals surface area (Å²) in [5.74, 6) is 0.609. The Morgan fingerprint density at radius 2 is 2.03 bits per heavy atom. The third-order valence-electron chi connectivity index (χ3n) is 5.08. The lowest BCUT2D eigenvalue weighted by atomic mass is 9.98. The fourth-order valence-electron chi connectivity index (χ4n) is 3.49. The number of hydrogen-bond acceptors (Lipinski definition) is 4. The topological polar surface area (TPSA) is 104 Å². The number of pyridine rings is 1. The molecule has 0 radical (unpaired) electrons. The molecule has 0 saturated carbocycles. The van der Waals surface area contributed by atoms with E-state index in [4.69, 9.17) is 0 Å². The predicted molar refractivity (Wildman–Crippen MR) is 109 cm³/mol. The summed E-state index contributed by atoms with van der Waals surface area (Å²) in [5.41, 5.74) is 2.78. The van der Waals surface area contributed by atoms with Gasteiger partial charge in [0.15, 0.2) is 0 Å². The highest BCUT2D eigenvalue weighted by atomic mass is 16.1. The van der Waals surface area contributed by atoms with Crippen LogP contribution in [0.3, 0.4) is 0 Å². The zero-order valence-corrected chi connectivity index (χ0v) is 16.7. The molecule has 0 unspecified atom stereocenters. The normalized spacial score (nSPS) is 11.7. The Morgan fingerprint density at radius 1 is 1.31 bits per heavy atom. The Bertz CT molecular complexity index is 1120. The third-order valence-corrected chi connectivity index (χ3v) is 5.08. The van der Waals surface area contributed by atoms with Gasteiger partial charge in [0, 0.05) is 31.6 Å². The summed E-state index contributed by atoms with van der Waals surface area (Å²) in [6.07, 6.45) is 4.20. The second-order valence-electron chi connectivity index (χ2n) is 6.98. The number of H-pyrrole nitrogens is 1. The molecule has 2 N–H and O–H groups in total. The molecule has 2 aromatic heterocycles. The van der Waals surface area contributed by atoms with Gasteiger partial charge in [0.1, 0.15) is 23.5 Å². The molecule has 0 fully saturated rings. The van der Waals surface area contributed by atoms with E-state index in [1.165, 1.54) is 0 Å². The number of nitriles is 1. The number of imidazole rings is 1. The largest absolute Gasteiger partial charge is 0.342 e. The van der Waals surface area contributed by atoms with Gasteiger partial charge in [0.2, 0.25) is 5.91 Å². The van der Waals surface area contributed by atoms with Gasteiger partial charge in [-0.1, -0.05) is 30.3 Å². The molecule has 0 spiro atoms. The summed E-state index contributed by atoms with van der Waals surface area (Å²) in [5, 5.41) is 12.3. The van der Waals surface area contributed by atoms with Crippen molar-refractivity contribution in [1.29, 1.82) is 5.26 Å². The number of aryl methyl sites for hydroxylation is 2. The molecule has 3 aromatic rings. The Kier molecular flexibility index (Phi) is 5.93. The molecular weight excluding hydrogens is 366 g/mol. The second kappa shape index (κ2) is 8.57. The van der Waals surface area contributed by atoms with Gasteiger partial charge in [-0.3, -0.25) is 9.59 Å². The monoisotopic (exact) mass is 389 g/mol. The molecule has 0 aliphatic carbocycles. The number of aromatic nitrogens is 3. The van der Waals surface area contributed by atoms with E-state index in [1.54, 1.807) is 20.0 Å². The molecule has 0 bridgehead atoms. The van der Waals surface area contributed by atoms with Crippen LogP contribution in [0.2, 0.25) is 0 Å². The minimum atomic E-state index is -0.394. The van der Waals surface area contributed by atoms with Gasteiger partial charge in [-0.15, -0.1) is 0 Å². The highest BCUT2D eigenvalue weighted by Gasteiger charge is 2.21. The minimum absolute atomic E-state index is 0.0983. The van der Waals surface area contributed by atoms with Crippen LogP contribution in [0.4, 0.5) is 0 Å². The van der Waals surface area contributed by atoms with Crippen molar-refractivity contribution in [3.63, 3.8) is 0 Å². The summed E-state index contributed by atoms with van der Waals surface area (Å²) in [4.78, 5) is 31.7. The number of benzene rings is 1. The molecule has 0 aliphatic heterocycles. The van der Waals surface area contributed by atoms with Crippen LogP contribution in [-0.4, -0.2) is 20.4 Å². The third kappa shape index (κ3) is 4.27. The molecule has 1 aromatic carbocycles. The van der Waals surface area contributed by atoms with Gasteiger partial charge in [-0.25, -0.2) is 4.98 Å². The Hall–Kier alpha value is -3.66. The molecule has 3 rings (SSSR count). The minimum Gasteiger partial charge on any atom is -0.342 e. The number of amides is 1. The van der Waals surface area contributed by atoms with E-state index in [0.717, 1.165) is 17.0 Å². The first-order valence-electron chi connectivity index (χ1n) is 9.36. The maximum Gasteiger partial charge on any atom is 0.266 e. The van der Waals surface area contributed by atoms with Crippen LogP contribution in [0.1, 0.15) is 46.2 Å². The van der Waals surface area contributed by atoms with E-state index in [1.807, 2.05) is 54.2 Å². The first kappa shape index (κ1) is 20.1. The second-order valence-corrected chi connectivity index (χ2v) is 6.98. The molecule has 7 heteroatoms. The van der Waals surface area contributed by atoms with Gasteiger partial charge in [-0.2, -0.15) is 5.26 Å². The zero-order valence-electron chi connectivity index (χ0n) is 16.7. The van der Waals surface area contributed by atoms with E-state index in [-0.39, 0.29) is 23.9 Å². The quantitative estimate of drug-likeness (QED) is 0.676. The predicted octanol–water partition coefficient (Wildman–Crippen LogP) is 2.44. The van der Waals surface area contributed by atoms with E-state index < -0.39 is 5.56 Å².